The largest absolute Gasteiger partial charge is 0.385 e. The van der Waals surface area contributed by atoms with Crippen molar-refractivity contribution in [2.45, 2.75) is 12.2 Å². The number of hydrogen-bond donors (Lipinski definition) is 3. The highest BCUT2D eigenvalue weighted by Gasteiger charge is 2.29. The number of aliphatic hydroxyl groups excluding tert-OH is 2. The van der Waals surface area contributed by atoms with E-state index in [1.165, 1.54) is 0 Å². The van der Waals surface area contributed by atoms with Crippen molar-refractivity contribution in [2.75, 3.05) is 0 Å². The first-order valence-corrected chi connectivity index (χ1v) is 4.44. The van der Waals surface area contributed by atoms with Gasteiger partial charge in [-0.3, -0.25) is 14.9 Å². The number of nitro groups is 1. The Labute approximate surface area is 94.4 Å². The molecule has 0 saturated carbocycles. The topological polar surface area (TPSA) is 127 Å². The predicted octanol–water partition coefficient (Wildman–Crippen LogP) is -0.387. The van der Waals surface area contributed by atoms with Crippen LogP contribution in [0.15, 0.2) is 18.2 Å². The van der Waals surface area contributed by atoms with E-state index in [-0.39, 0.29) is 0 Å². The standard InChI is InChI=1S/C9H9FN2O5/c10-4-1-2-6(12(16)17)5(3-4)7(13)8(14)9(11)15/h1-3,7-8,13-14H,(H2,11,15). The summed E-state index contributed by atoms with van der Waals surface area (Å²) in [6.45, 7) is 0. The van der Waals surface area contributed by atoms with E-state index >= 15 is 0 Å². The summed E-state index contributed by atoms with van der Waals surface area (Å²) in [5.41, 5.74) is 3.60. The molecule has 0 aliphatic heterocycles. The Bertz CT molecular complexity index is 465. The summed E-state index contributed by atoms with van der Waals surface area (Å²) < 4.78 is 12.9. The number of carbonyl (C=O) groups excluding carboxylic acids is 1. The summed E-state index contributed by atoms with van der Waals surface area (Å²) >= 11 is 0. The molecular weight excluding hydrogens is 235 g/mol. The highest BCUT2D eigenvalue weighted by Crippen LogP contribution is 2.27. The van der Waals surface area contributed by atoms with E-state index < -0.39 is 40.1 Å². The minimum absolute atomic E-state index is 0.513. The molecular formula is C9H9FN2O5. The monoisotopic (exact) mass is 244 g/mol. The van der Waals surface area contributed by atoms with Gasteiger partial charge in [0.05, 0.1) is 10.5 Å². The van der Waals surface area contributed by atoms with Gasteiger partial charge in [0.2, 0.25) is 5.91 Å². The number of rotatable bonds is 4. The number of aliphatic hydroxyl groups is 2. The van der Waals surface area contributed by atoms with Crippen molar-refractivity contribution in [3.63, 3.8) is 0 Å². The van der Waals surface area contributed by atoms with Crippen molar-refractivity contribution >= 4 is 11.6 Å². The van der Waals surface area contributed by atoms with E-state index in [4.69, 9.17) is 5.73 Å². The van der Waals surface area contributed by atoms with Gasteiger partial charge in [-0.05, 0) is 12.1 Å². The number of primary amides is 1. The van der Waals surface area contributed by atoms with Crippen LogP contribution in [-0.4, -0.2) is 27.1 Å². The van der Waals surface area contributed by atoms with Crippen molar-refractivity contribution in [1.82, 2.24) is 0 Å². The van der Waals surface area contributed by atoms with Crippen LogP contribution in [0, 0.1) is 15.9 Å². The number of nitrogens with zero attached hydrogens (tertiary/aromatic N) is 1. The second-order valence-corrected chi connectivity index (χ2v) is 3.25. The maximum atomic E-state index is 12.9. The predicted molar refractivity (Wildman–Crippen MR) is 53.2 cm³/mol. The molecule has 0 spiro atoms. The van der Waals surface area contributed by atoms with Gasteiger partial charge < -0.3 is 15.9 Å². The fourth-order valence-electron chi connectivity index (χ4n) is 1.25. The third-order valence-corrected chi connectivity index (χ3v) is 2.10. The zero-order chi connectivity index (χ0) is 13.2. The summed E-state index contributed by atoms with van der Waals surface area (Å²) in [6, 6.07) is 2.31. The summed E-state index contributed by atoms with van der Waals surface area (Å²) in [5, 5.41) is 29.3. The molecule has 2 unspecified atom stereocenters. The average molecular weight is 244 g/mol. The molecule has 0 aliphatic rings. The highest BCUT2D eigenvalue weighted by atomic mass is 19.1. The second kappa shape index (κ2) is 4.85. The van der Waals surface area contributed by atoms with E-state index in [1.54, 1.807) is 0 Å². The molecule has 4 N–H and O–H groups in total. The van der Waals surface area contributed by atoms with Crippen molar-refractivity contribution in [1.29, 1.82) is 0 Å². The minimum Gasteiger partial charge on any atom is -0.385 e. The number of nitrogens with two attached hydrogens (primary N) is 1. The molecule has 17 heavy (non-hydrogen) atoms. The van der Waals surface area contributed by atoms with E-state index in [0.29, 0.717) is 6.07 Å². The van der Waals surface area contributed by atoms with Crippen LogP contribution >= 0.6 is 0 Å². The first-order valence-electron chi connectivity index (χ1n) is 4.44. The van der Waals surface area contributed by atoms with Crippen LogP contribution in [0.1, 0.15) is 11.7 Å². The molecule has 7 nitrogen and oxygen atoms in total. The number of benzene rings is 1. The number of nitro benzene ring substituents is 1. The fraction of sp³-hybridized carbons (Fsp3) is 0.222. The zero-order valence-electron chi connectivity index (χ0n) is 8.41. The van der Waals surface area contributed by atoms with Gasteiger partial charge in [-0.2, -0.15) is 0 Å². The van der Waals surface area contributed by atoms with Crippen LogP contribution in [0.25, 0.3) is 0 Å². The molecule has 0 bridgehead atoms. The molecule has 0 fully saturated rings. The first kappa shape index (κ1) is 13.0. The van der Waals surface area contributed by atoms with E-state index in [0.717, 1.165) is 12.1 Å². The van der Waals surface area contributed by atoms with Crippen LogP contribution in [0.5, 0.6) is 0 Å². The average Bonchev–Trinajstić information content (AvgIpc) is 2.26. The summed E-state index contributed by atoms with van der Waals surface area (Å²) in [4.78, 5) is 20.4. The molecule has 0 heterocycles. The van der Waals surface area contributed by atoms with Crippen LogP contribution in [0.4, 0.5) is 10.1 Å². The van der Waals surface area contributed by atoms with Crippen LogP contribution in [0.3, 0.4) is 0 Å². The number of carbonyl (C=O) groups is 1. The molecule has 1 amide bonds. The maximum Gasteiger partial charge on any atom is 0.275 e. The Morgan fingerprint density at radius 1 is 1.47 bits per heavy atom. The molecule has 1 aromatic carbocycles. The Kier molecular flexibility index (Phi) is 3.71. The lowest BCUT2D eigenvalue weighted by atomic mass is 10.0. The van der Waals surface area contributed by atoms with Crippen LogP contribution < -0.4 is 5.73 Å². The van der Waals surface area contributed by atoms with Crippen molar-refractivity contribution in [2.24, 2.45) is 5.73 Å². The van der Waals surface area contributed by atoms with E-state index in [2.05, 4.69) is 0 Å². The minimum atomic E-state index is -2.05. The van der Waals surface area contributed by atoms with Crippen LogP contribution in [-0.2, 0) is 4.79 Å². The molecule has 0 aliphatic carbocycles. The third kappa shape index (κ3) is 2.74. The Morgan fingerprint density at radius 3 is 2.53 bits per heavy atom. The van der Waals surface area contributed by atoms with E-state index in [1.807, 2.05) is 0 Å². The van der Waals surface area contributed by atoms with Gasteiger partial charge in [0.15, 0.2) is 6.10 Å². The van der Waals surface area contributed by atoms with Crippen molar-refractivity contribution < 1.29 is 24.3 Å². The molecule has 0 saturated heterocycles. The van der Waals surface area contributed by atoms with Gasteiger partial charge in [0.1, 0.15) is 11.9 Å². The Morgan fingerprint density at radius 2 is 2.06 bits per heavy atom. The normalized spacial score (nSPS) is 14.1. The van der Waals surface area contributed by atoms with Gasteiger partial charge in [0, 0.05) is 6.07 Å². The van der Waals surface area contributed by atoms with Gasteiger partial charge in [-0.25, -0.2) is 4.39 Å². The van der Waals surface area contributed by atoms with E-state index in [9.17, 15) is 29.5 Å². The smallest absolute Gasteiger partial charge is 0.275 e. The lowest BCUT2D eigenvalue weighted by Gasteiger charge is -2.15. The fourth-order valence-corrected chi connectivity index (χ4v) is 1.25. The van der Waals surface area contributed by atoms with Crippen LogP contribution in [0.2, 0.25) is 0 Å². The maximum absolute atomic E-state index is 12.9. The van der Waals surface area contributed by atoms with Crippen molar-refractivity contribution in [3.05, 3.63) is 39.7 Å². The Balaban J connectivity index is 3.23. The number of halogens is 1. The molecule has 92 valence electrons. The SMILES string of the molecule is NC(=O)C(O)C(O)c1cc(F)ccc1[N+](=O)[O-]. The quantitative estimate of drug-likeness (QED) is 0.491. The van der Waals surface area contributed by atoms with Gasteiger partial charge in [-0.1, -0.05) is 0 Å². The Hall–Kier alpha value is -2.06. The summed E-state index contributed by atoms with van der Waals surface area (Å²) in [6.07, 6.45) is -4.00. The summed E-state index contributed by atoms with van der Waals surface area (Å²) in [7, 11) is 0. The summed E-state index contributed by atoms with van der Waals surface area (Å²) in [5.74, 6) is -2.11. The molecule has 0 aromatic heterocycles. The van der Waals surface area contributed by atoms with Gasteiger partial charge >= 0.3 is 0 Å². The van der Waals surface area contributed by atoms with Gasteiger partial charge in [0.25, 0.3) is 5.69 Å². The highest BCUT2D eigenvalue weighted by molar-refractivity contribution is 5.79. The van der Waals surface area contributed by atoms with Gasteiger partial charge in [-0.15, -0.1) is 0 Å². The number of hydrogen-bond acceptors (Lipinski definition) is 5. The molecule has 2 atom stereocenters. The second-order valence-electron chi connectivity index (χ2n) is 3.25. The molecule has 0 radical (unpaired) electrons. The number of amides is 1. The molecule has 1 rings (SSSR count). The lowest BCUT2D eigenvalue weighted by Crippen LogP contribution is -2.34. The molecule has 1 aromatic rings. The first-order chi connectivity index (χ1) is 7.84. The third-order valence-electron chi connectivity index (χ3n) is 2.10. The molecule has 8 heteroatoms. The lowest BCUT2D eigenvalue weighted by molar-refractivity contribution is -0.386. The van der Waals surface area contributed by atoms with Crippen molar-refractivity contribution in [3.8, 4) is 0 Å². The zero-order valence-corrected chi connectivity index (χ0v) is 8.41.